The van der Waals surface area contributed by atoms with Crippen molar-refractivity contribution >= 4 is 40.1 Å². The molecular formula is C25H42ClN5O6S. The number of carbonyl (C=O) groups is 2. The average Bonchev–Trinajstić information content (AvgIpc) is 2.88. The van der Waals surface area contributed by atoms with Crippen molar-refractivity contribution in [2.75, 3.05) is 50.8 Å². The van der Waals surface area contributed by atoms with E-state index < -0.39 is 26.2 Å². The van der Waals surface area contributed by atoms with Crippen molar-refractivity contribution in [3.05, 3.63) is 24.3 Å². The fourth-order valence-electron chi connectivity index (χ4n) is 4.70. The molecule has 2 heterocycles. The first-order chi connectivity index (χ1) is 17.4. The highest BCUT2D eigenvalue weighted by Gasteiger charge is 2.55. The Kier molecular flexibility index (Phi) is 11.1. The Hall–Kier alpha value is -2.28. The summed E-state index contributed by atoms with van der Waals surface area (Å²) in [5.74, 6) is -0.151. The first-order valence-corrected chi connectivity index (χ1v) is 14.4. The van der Waals surface area contributed by atoms with Crippen molar-refractivity contribution in [2.45, 2.75) is 63.7 Å². The molecule has 216 valence electrons. The van der Waals surface area contributed by atoms with Crippen LogP contribution in [-0.2, 0) is 14.8 Å². The van der Waals surface area contributed by atoms with Gasteiger partial charge < -0.3 is 19.9 Å². The van der Waals surface area contributed by atoms with Crippen LogP contribution in [0.3, 0.4) is 0 Å². The van der Waals surface area contributed by atoms with Gasteiger partial charge in [-0.3, -0.25) is 10.0 Å². The van der Waals surface area contributed by atoms with E-state index >= 15 is 0 Å². The maximum absolute atomic E-state index is 13.8. The van der Waals surface area contributed by atoms with Crippen LogP contribution in [0, 0.1) is 0 Å². The molecule has 0 aliphatic carbocycles. The molecule has 2 fully saturated rings. The Morgan fingerprint density at radius 1 is 1.03 bits per heavy atom. The van der Waals surface area contributed by atoms with Gasteiger partial charge in [0, 0.05) is 50.5 Å². The van der Waals surface area contributed by atoms with Crippen LogP contribution in [0.1, 0.15) is 53.4 Å². The predicted molar refractivity (Wildman–Crippen MR) is 149 cm³/mol. The van der Waals surface area contributed by atoms with Crippen LogP contribution < -0.4 is 20.4 Å². The number of sulfonamides is 1. The molecular weight excluding hydrogens is 534 g/mol. The van der Waals surface area contributed by atoms with Crippen LogP contribution in [0.4, 0.5) is 10.5 Å². The third kappa shape index (κ3) is 7.22. The Morgan fingerprint density at radius 2 is 1.61 bits per heavy atom. The number of nitrogens with zero attached hydrogens (tertiary/aromatic N) is 3. The molecule has 1 aromatic rings. The Morgan fingerprint density at radius 3 is 2.11 bits per heavy atom. The second-order valence-corrected chi connectivity index (χ2v) is 12.9. The smallest absolute Gasteiger partial charge is 0.317 e. The molecule has 11 nitrogen and oxygen atoms in total. The van der Waals surface area contributed by atoms with E-state index in [1.807, 2.05) is 45.0 Å². The van der Waals surface area contributed by atoms with Gasteiger partial charge in [0.15, 0.2) is 4.75 Å². The monoisotopic (exact) mass is 575 g/mol. The molecule has 2 aliphatic heterocycles. The second kappa shape index (κ2) is 13.2. The zero-order chi connectivity index (χ0) is 27.3. The van der Waals surface area contributed by atoms with E-state index in [1.165, 1.54) is 9.21 Å². The SMILES string of the molecule is CCCCOc1ccc(N2CCN(S(=O)(=O)C3(C(=O)NO)CCN(C(=O)NC(C)(C)C)CC3)CC2)cc1.Cl. The average molecular weight is 576 g/mol. The molecule has 0 bridgehead atoms. The molecule has 0 unspecified atom stereocenters. The molecule has 2 saturated heterocycles. The molecule has 13 heteroatoms. The number of hydrogen-bond donors (Lipinski definition) is 3. The lowest BCUT2D eigenvalue weighted by molar-refractivity contribution is -0.133. The van der Waals surface area contributed by atoms with Crippen LogP contribution in [0.2, 0.25) is 0 Å². The van der Waals surface area contributed by atoms with Gasteiger partial charge in [-0.2, -0.15) is 4.31 Å². The number of piperazine rings is 1. The summed E-state index contributed by atoms with van der Waals surface area (Å²) in [5, 5.41) is 12.3. The number of ether oxygens (including phenoxy) is 1. The van der Waals surface area contributed by atoms with Crippen LogP contribution in [0.15, 0.2) is 24.3 Å². The zero-order valence-corrected chi connectivity index (χ0v) is 24.4. The van der Waals surface area contributed by atoms with Gasteiger partial charge in [-0.05, 0) is 64.3 Å². The van der Waals surface area contributed by atoms with Crippen molar-refractivity contribution in [3.63, 3.8) is 0 Å². The van der Waals surface area contributed by atoms with Gasteiger partial charge in [0.1, 0.15) is 5.75 Å². The molecule has 3 N–H and O–H groups in total. The molecule has 0 atom stereocenters. The molecule has 0 aromatic heterocycles. The number of hydroxylamine groups is 1. The molecule has 3 rings (SSSR count). The summed E-state index contributed by atoms with van der Waals surface area (Å²) in [5.41, 5.74) is 2.11. The van der Waals surface area contributed by atoms with Gasteiger partial charge >= 0.3 is 6.03 Å². The van der Waals surface area contributed by atoms with E-state index in [4.69, 9.17) is 4.74 Å². The van der Waals surface area contributed by atoms with Crippen LogP contribution >= 0.6 is 12.4 Å². The lowest BCUT2D eigenvalue weighted by Crippen LogP contribution is -2.64. The highest BCUT2D eigenvalue weighted by atomic mass is 35.5. The van der Waals surface area contributed by atoms with E-state index in [0.29, 0.717) is 19.7 Å². The molecule has 0 spiro atoms. The number of nitrogens with one attached hydrogen (secondary N) is 2. The highest BCUT2D eigenvalue weighted by Crippen LogP contribution is 2.35. The first-order valence-electron chi connectivity index (χ1n) is 12.9. The van der Waals surface area contributed by atoms with Crippen LogP contribution in [0.25, 0.3) is 0 Å². The lowest BCUT2D eigenvalue weighted by Gasteiger charge is -2.44. The van der Waals surface area contributed by atoms with Gasteiger partial charge in [-0.1, -0.05) is 13.3 Å². The number of carbonyl (C=O) groups excluding carboxylic acids is 2. The van der Waals surface area contributed by atoms with Gasteiger partial charge in [-0.25, -0.2) is 18.7 Å². The third-order valence-corrected chi connectivity index (χ3v) is 9.52. The summed E-state index contributed by atoms with van der Waals surface area (Å²) in [6.07, 6.45) is 1.87. The molecule has 0 saturated carbocycles. The van der Waals surface area contributed by atoms with E-state index in [9.17, 15) is 23.2 Å². The summed E-state index contributed by atoms with van der Waals surface area (Å²) < 4.78 is 32.8. The van der Waals surface area contributed by atoms with Crippen molar-refractivity contribution in [1.82, 2.24) is 20.0 Å². The molecule has 1 aromatic carbocycles. The van der Waals surface area contributed by atoms with E-state index in [1.54, 1.807) is 5.48 Å². The number of piperidine rings is 1. The minimum absolute atomic E-state index is 0. The Bertz CT molecular complexity index is 1030. The Balaban J connectivity index is 0.00000507. The van der Waals surface area contributed by atoms with E-state index in [0.717, 1.165) is 24.3 Å². The second-order valence-electron chi connectivity index (χ2n) is 10.7. The minimum Gasteiger partial charge on any atom is -0.494 e. The van der Waals surface area contributed by atoms with Gasteiger partial charge in [-0.15, -0.1) is 12.4 Å². The highest BCUT2D eigenvalue weighted by molar-refractivity contribution is 7.91. The van der Waals surface area contributed by atoms with Gasteiger partial charge in [0.05, 0.1) is 6.61 Å². The van der Waals surface area contributed by atoms with E-state index in [2.05, 4.69) is 17.1 Å². The number of rotatable bonds is 8. The fourth-order valence-corrected chi connectivity index (χ4v) is 6.81. The normalized spacial score (nSPS) is 18.3. The number of urea groups is 1. The predicted octanol–water partition coefficient (Wildman–Crippen LogP) is 2.59. The van der Waals surface area contributed by atoms with Crippen LogP contribution in [0.5, 0.6) is 5.75 Å². The largest absolute Gasteiger partial charge is 0.494 e. The standard InChI is InChI=1S/C25H41N5O6S.ClH/c1-5-6-19-36-21-9-7-20(8-10-21)28-15-17-30(18-16-28)37(34,35)25(22(31)27-33)11-13-29(14-12-25)23(32)26-24(2,3)4;/h7-10,33H,5-6,11-19H2,1-4H3,(H,26,32)(H,27,31);1H. The zero-order valence-electron chi connectivity index (χ0n) is 22.7. The fraction of sp³-hybridized carbons (Fsp3) is 0.680. The van der Waals surface area contributed by atoms with Crippen molar-refractivity contribution in [3.8, 4) is 5.75 Å². The molecule has 2 aliphatic rings. The number of halogens is 1. The summed E-state index contributed by atoms with van der Waals surface area (Å²) in [7, 11) is -4.11. The minimum atomic E-state index is -4.11. The first kappa shape index (κ1) is 31.9. The molecule has 38 heavy (non-hydrogen) atoms. The number of benzene rings is 1. The number of anilines is 1. The maximum Gasteiger partial charge on any atom is 0.317 e. The number of likely N-dealkylation sites (tertiary alicyclic amines) is 1. The molecule has 3 amide bonds. The summed E-state index contributed by atoms with van der Waals surface area (Å²) in [4.78, 5) is 29.0. The topological polar surface area (TPSA) is 132 Å². The van der Waals surface area contributed by atoms with Gasteiger partial charge in [0.2, 0.25) is 10.0 Å². The molecule has 0 radical (unpaired) electrons. The summed E-state index contributed by atoms with van der Waals surface area (Å²) in [6, 6.07) is 7.45. The number of hydrogen-bond acceptors (Lipinski definition) is 7. The van der Waals surface area contributed by atoms with Crippen LogP contribution in [-0.4, -0.2) is 90.9 Å². The van der Waals surface area contributed by atoms with Gasteiger partial charge in [0.25, 0.3) is 5.91 Å². The summed E-state index contributed by atoms with van der Waals surface area (Å²) in [6.45, 7) is 9.89. The number of amides is 3. The quantitative estimate of drug-likeness (QED) is 0.247. The van der Waals surface area contributed by atoms with E-state index in [-0.39, 0.29) is 57.5 Å². The number of unbranched alkanes of at least 4 members (excludes halogenated alkanes) is 1. The van der Waals surface area contributed by atoms with Crippen molar-refractivity contribution in [1.29, 1.82) is 0 Å². The van der Waals surface area contributed by atoms with Crippen molar-refractivity contribution < 1.29 is 28.0 Å². The maximum atomic E-state index is 13.8. The van der Waals surface area contributed by atoms with Crippen molar-refractivity contribution in [2.24, 2.45) is 0 Å². The lowest BCUT2D eigenvalue weighted by atomic mass is 9.95. The summed E-state index contributed by atoms with van der Waals surface area (Å²) >= 11 is 0. The third-order valence-electron chi connectivity index (χ3n) is 6.90. The Labute approximate surface area is 232 Å².